The second-order valence-electron chi connectivity index (χ2n) is 6.16. The highest BCUT2D eigenvalue weighted by Gasteiger charge is 2.32. The summed E-state index contributed by atoms with van der Waals surface area (Å²) in [4.78, 5) is 0. The van der Waals surface area contributed by atoms with Gasteiger partial charge in [-0.25, -0.2) is 12.7 Å². The van der Waals surface area contributed by atoms with E-state index in [2.05, 4.69) is 6.58 Å². The number of sulfonamides is 1. The van der Waals surface area contributed by atoms with E-state index >= 15 is 0 Å². The van der Waals surface area contributed by atoms with Gasteiger partial charge in [0.1, 0.15) is 5.76 Å². The number of hydrogen-bond donors (Lipinski definition) is 0. The molecule has 24 heavy (non-hydrogen) atoms. The van der Waals surface area contributed by atoms with Crippen molar-refractivity contribution >= 4 is 15.8 Å². The fraction of sp³-hybridized carbons (Fsp3) is 0.474. The molecular formula is C19H27NO3S. The molecule has 0 unspecified atom stereocenters. The van der Waals surface area contributed by atoms with Crippen LogP contribution in [0.3, 0.4) is 0 Å². The van der Waals surface area contributed by atoms with Crippen LogP contribution in [-0.2, 0) is 14.8 Å². The number of hydrogen-bond acceptors (Lipinski definition) is 3. The van der Waals surface area contributed by atoms with E-state index in [1.165, 1.54) is 29.8 Å². The third-order valence-corrected chi connectivity index (χ3v) is 5.20. The first-order valence-corrected chi connectivity index (χ1v) is 10.4. The first-order valence-electron chi connectivity index (χ1n) is 8.55. The minimum absolute atomic E-state index is 0.427. The topological polar surface area (TPSA) is 46.6 Å². The van der Waals surface area contributed by atoms with E-state index in [4.69, 9.17) is 4.74 Å². The Morgan fingerprint density at radius 1 is 1.12 bits per heavy atom. The maximum absolute atomic E-state index is 12.0. The van der Waals surface area contributed by atoms with E-state index in [1.54, 1.807) is 6.20 Å². The third-order valence-electron chi connectivity index (χ3n) is 4.09. The third kappa shape index (κ3) is 5.41. The summed E-state index contributed by atoms with van der Waals surface area (Å²) in [5, 5.41) is 0. The van der Waals surface area contributed by atoms with E-state index in [-0.39, 0.29) is 0 Å². The molecule has 1 aromatic rings. The Labute approximate surface area is 145 Å². The van der Waals surface area contributed by atoms with Gasteiger partial charge in [-0.15, -0.1) is 6.58 Å². The van der Waals surface area contributed by atoms with Crippen molar-refractivity contribution in [3.05, 3.63) is 54.8 Å². The molecule has 0 amide bonds. The van der Waals surface area contributed by atoms with Crippen LogP contribution in [0.15, 0.2) is 49.2 Å². The highest BCUT2D eigenvalue weighted by Crippen LogP contribution is 2.31. The van der Waals surface area contributed by atoms with Gasteiger partial charge in [0.05, 0.1) is 12.5 Å². The molecule has 0 aromatic heterocycles. The lowest BCUT2D eigenvalue weighted by Crippen LogP contribution is -2.32. The minimum Gasteiger partial charge on any atom is -0.467 e. The molecule has 0 radical (unpaired) electrons. The summed E-state index contributed by atoms with van der Waals surface area (Å²) in [7, 11) is -3.33. The molecule has 4 nitrogen and oxygen atoms in total. The molecule has 5 heteroatoms. The smallest absolute Gasteiger partial charge is 0.234 e. The van der Waals surface area contributed by atoms with Crippen molar-refractivity contribution in [2.75, 3.05) is 6.26 Å². The van der Waals surface area contributed by atoms with Crippen molar-refractivity contribution in [1.82, 2.24) is 4.31 Å². The Hall–Kier alpha value is -1.75. The van der Waals surface area contributed by atoms with Crippen molar-refractivity contribution in [1.29, 1.82) is 0 Å². The summed E-state index contributed by atoms with van der Waals surface area (Å²) in [6.45, 7) is 3.73. The zero-order valence-corrected chi connectivity index (χ0v) is 15.2. The molecule has 0 bridgehead atoms. The molecule has 0 saturated heterocycles. The maximum atomic E-state index is 12.0. The zero-order valence-electron chi connectivity index (χ0n) is 14.4. The fourth-order valence-electron chi connectivity index (χ4n) is 2.81. The predicted octanol–water partition coefficient (Wildman–Crippen LogP) is 4.52. The molecule has 1 aliphatic rings. The lowest BCUT2D eigenvalue weighted by Gasteiger charge is -2.22. The van der Waals surface area contributed by atoms with Gasteiger partial charge in [0.15, 0.2) is 6.23 Å². The normalized spacial score (nSPS) is 17.5. The monoisotopic (exact) mass is 349 g/mol. The number of allylic oxidation sites excluding steroid dienone is 1. The van der Waals surface area contributed by atoms with Crippen LogP contribution < -0.4 is 0 Å². The number of unbranched alkanes of at least 4 members (excludes halogenated alkanes) is 5. The molecule has 132 valence electrons. The summed E-state index contributed by atoms with van der Waals surface area (Å²) in [5.41, 5.74) is 0.901. The van der Waals surface area contributed by atoms with Crippen molar-refractivity contribution in [3.63, 3.8) is 0 Å². The largest absolute Gasteiger partial charge is 0.467 e. The summed E-state index contributed by atoms with van der Waals surface area (Å²) in [6, 6.07) is 9.61. The van der Waals surface area contributed by atoms with Gasteiger partial charge < -0.3 is 4.74 Å². The number of nitrogens with zero attached hydrogens (tertiary/aromatic N) is 1. The highest BCUT2D eigenvalue weighted by atomic mass is 32.2. The molecule has 2 rings (SSSR count). The van der Waals surface area contributed by atoms with Crippen molar-refractivity contribution in [2.45, 2.75) is 51.2 Å². The molecule has 1 atom stereocenters. The van der Waals surface area contributed by atoms with Crippen molar-refractivity contribution in [3.8, 4) is 0 Å². The summed E-state index contributed by atoms with van der Waals surface area (Å²) in [5.74, 6) is 0.622. The van der Waals surface area contributed by atoms with Gasteiger partial charge in [0.25, 0.3) is 0 Å². The summed E-state index contributed by atoms with van der Waals surface area (Å²) >= 11 is 0. The molecule has 1 aliphatic heterocycles. The first kappa shape index (κ1) is 18.6. The van der Waals surface area contributed by atoms with Gasteiger partial charge in [0, 0.05) is 12.0 Å². The molecule has 0 aliphatic carbocycles. The highest BCUT2D eigenvalue weighted by molar-refractivity contribution is 7.88. The van der Waals surface area contributed by atoms with Crippen LogP contribution in [0.5, 0.6) is 0 Å². The summed E-state index contributed by atoms with van der Waals surface area (Å²) < 4.78 is 31.3. The standard InChI is InChI=1S/C19H27NO3S/c1-3-4-5-6-7-8-12-15-19-20(24(2,21)22)16-18(23-19)17-13-10-9-11-14-17/h3,9-11,13-14,16,19H,1,4-8,12,15H2,2H3/t19-/m1/s1. The molecule has 1 aromatic carbocycles. The van der Waals surface area contributed by atoms with Crippen LogP contribution in [0.1, 0.15) is 50.5 Å². The van der Waals surface area contributed by atoms with E-state index in [0.29, 0.717) is 12.2 Å². The van der Waals surface area contributed by atoms with Crippen molar-refractivity contribution < 1.29 is 13.2 Å². The van der Waals surface area contributed by atoms with Crippen LogP contribution in [0.25, 0.3) is 5.76 Å². The van der Waals surface area contributed by atoms with Gasteiger partial charge in [-0.1, -0.05) is 55.7 Å². The number of rotatable bonds is 10. The molecule has 0 N–H and O–H groups in total. The van der Waals surface area contributed by atoms with Gasteiger partial charge in [-0.2, -0.15) is 0 Å². The van der Waals surface area contributed by atoms with Gasteiger partial charge in [-0.3, -0.25) is 0 Å². The van der Waals surface area contributed by atoms with E-state index < -0.39 is 16.3 Å². The molecule has 1 heterocycles. The van der Waals surface area contributed by atoms with Crippen molar-refractivity contribution in [2.24, 2.45) is 0 Å². The number of benzene rings is 1. The Morgan fingerprint density at radius 2 is 1.79 bits per heavy atom. The first-order chi connectivity index (χ1) is 11.5. The summed E-state index contributed by atoms with van der Waals surface area (Å²) in [6.07, 6.45) is 11.7. The van der Waals surface area contributed by atoms with Crippen LogP contribution in [-0.4, -0.2) is 25.2 Å². The zero-order chi connectivity index (χ0) is 17.4. The average molecular weight is 349 g/mol. The molecule has 0 spiro atoms. The SMILES string of the molecule is C=CCCCCCCC[C@H]1OC(c2ccccc2)=CN1S(C)(=O)=O. The number of ether oxygens (including phenoxy) is 1. The van der Waals surface area contributed by atoms with Gasteiger partial charge >= 0.3 is 0 Å². The minimum atomic E-state index is -3.33. The van der Waals surface area contributed by atoms with E-state index in [1.807, 2.05) is 36.4 Å². The predicted molar refractivity (Wildman–Crippen MR) is 98.5 cm³/mol. The van der Waals surface area contributed by atoms with Crippen LogP contribution in [0.4, 0.5) is 0 Å². The lowest BCUT2D eigenvalue weighted by atomic mass is 10.1. The maximum Gasteiger partial charge on any atom is 0.234 e. The quantitative estimate of drug-likeness (QED) is 0.461. The Balaban J connectivity index is 1.89. The van der Waals surface area contributed by atoms with Crippen LogP contribution in [0, 0.1) is 0 Å². The second kappa shape index (κ2) is 8.92. The van der Waals surface area contributed by atoms with E-state index in [9.17, 15) is 8.42 Å². The second-order valence-corrected chi connectivity index (χ2v) is 8.05. The molecule has 0 saturated carbocycles. The molecular weight excluding hydrogens is 322 g/mol. The Kier molecular flexibility index (Phi) is 6.91. The lowest BCUT2D eigenvalue weighted by molar-refractivity contribution is 0.105. The average Bonchev–Trinajstić information content (AvgIpc) is 2.99. The molecule has 0 fully saturated rings. The fourth-order valence-corrected chi connectivity index (χ4v) is 3.67. The Morgan fingerprint density at radius 3 is 2.46 bits per heavy atom. The van der Waals surface area contributed by atoms with Gasteiger partial charge in [-0.05, 0) is 19.3 Å². The Bertz CT molecular complexity index is 652. The van der Waals surface area contributed by atoms with Gasteiger partial charge in [0.2, 0.25) is 10.0 Å². The van der Waals surface area contributed by atoms with E-state index in [0.717, 1.165) is 24.8 Å². The van der Waals surface area contributed by atoms with Crippen LogP contribution in [0.2, 0.25) is 0 Å². The van der Waals surface area contributed by atoms with Crippen LogP contribution >= 0.6 is 0 Å².